The van der Waals surface area contributed by atoms with Gasteiger partial charge >= 0.3 is 0 Å². The Kier molecular flexibility index (Phi) is 2.30. The summed E-state index contributed by atoms with van der Waals surface area (Å²) >= 11 is 0. The molecule has 0 aliphatic rings. The lowest BCUT2D eigenvalue weighted by atomic mass is 10.0. The number of aromatic amines is 1. The Morgan fingerprint density at radius 2 is 2.21 bits per heavy atom. The minimum Gasteiger partial charge on any atom is -0.361 e. The van der Waals surface area contributed by atoms with E-state index in [-0.39, 0.29) is 6.04 Å². The Morgan fingerprint density at radius 1 is 1.43 bits per heavy atom. The number of hydrogen-bond donors (Lipinski definition) is 2. The second kappa shape index (κ2) is 3.46. The molecule has 1 atom stereocenters. The average molecular weight is 188 g/mol. The predicted octanol–water partition coefficient (Wildman–Crippen LogP) is 2.89. The Bertz CT molecular complexity index is 443. The van der Waals surface area contributed by atoms with Crippen molar-refractivity contribution in [2.24, 2.45) is 5.73 Å². The van der Waals surface area contributed by atoms with Crippen LogP contribution >= 0.6 is 0 Å². The van der Waals surface area contributed by atoms with Gasteiger partial charge in [-0.3, -0.25) is 0 Å². The fourth-order valence-corrected chi connectivity index (χ4v) is 1.85. The number of rotatable bonds is 2. The molecule has 0 amide bonds. The zero-order valence-electron chi connectivity index (χ0n) is 8.67. The summed E-state index contributed by atoms with van der Waals surface area (Å²) in [6, 6.07) is 6.46. The van der Waals surface area contributed by atoms with Gasteiger partial charge in [0.1, 0.15) is 0 Å². The highest BCUT2D eigenvalue weighted by molar-refractivity contribution is 5.86. The van der Waals surface area contributed by atoms with Gasteiger partial charge in [-0.2, -0.15) is 0 Å². The van der Waals surface area contributed by atoms with Crippen LogP contribution in [0.5, 0.6) is 0 Å². The molecule has 0 aliphatic carbocycles. The molecule has 1 aromatic carbocycles. The van der Waals surface area contributed by atoms with E-state index in [2.05, 4.69) is 37.0 Å². The van der Waals surface area contributed by atoms with Gasteiger partial charge in [-0.25, -0.2) is 0 Å². The lowest BCUT2D eigenvalue weighted by Crippen LogP contribution is -2.07. The lowest BCUT2D eigenvalue weighted by molar-refractivity contribution is 0.704. The zero-order valence-corrected chi connectivity index (χ0v) is 8.67. The molecular formula is C12H16N2. The minimum absolute atomic E-state index is 0.144. The standard InChI is InChI=1S/C12H16N2/c1-3-11(13)10-7-14-12-8(2)5-4-6-9(10)12/h4-7,11,14H,3,13H2,1-2H3. The topological polar surface area (TPSA) is 41.8 Å². The fourth-order valence-electron chi connectivity index (χ4n) is 1.85. The van der Waals surface area contributed by atoms with E-state index in [1.807, 2.05) is 6.20 Å². The monoisotopic (exact) mass is 188 g/mol. The van der Waals surface area contributed by atoms with Crippen LogP contribution in [0.3, 0.4) is 0 Å². The van der Waals surface area contributed by atoms with E-state index in [0.29, 0.717) is 0 Å². The fraction of sp³-hybridized carbons (Fsp3) is 0.333. The summed E-state index contributed by atoms with van der Waals surface area (Å²) in [4.78, 5) is 3.29. The molecule has 2 aromatic rings. The molecule has 1 aromatic heterocycles. The Hall–Kier alpha value is -1.28. The summed E-state index contributed by atoms with van der Waals surface area (Å²) in [7, 11) is 0. The van der Waals surface area contributed by atoms with Crippen LogP contribution in [0.2, 0.25) is 0 Å². The second-order valence-corrected chi connectivity index (χ2v) is 3.76. The molecule has 0 radical (unpaired) electrons. The third-order valence-corrected chi connectivity index (χ3v) is 2.80. The Labute approximate surface area is 84.1 Å². The van der Waals surface area contributed by atoms with E-state index in [1.54, 1.807) is 0 Å². The molecule has 0 fully saturated rings. The highest BCUT2D eigenvalue weighted by Gasteiger charge is 2.10. The first kappa shape index (κ1) is 9.28. The Morgan fingerprint density at radius 3 is 2.93 bits per heavy atom. The molecule has 2 nitrogen and oxygen atoms in total. The number of para-hydroxylation sites is 1. The van der Waals surface area contributed by atoms with Gasteiger partial charge in [0, 0.05) is 23.1 Å². The Balaban J connectivity index is 2.63. The quantitative estimate of drug-likeness (QED) is 0.747. The number of hydrogen-bond acceptors (Lipinski definition) is 1. The van der Waals surface area contributed by atoms with E-state index < -0.39 is 0 Å². The molecule has 74 valence electrons. The van der Waals surface area contributed by atoms with Gasteiger partial charge in [0.05, 0.1) is 0 Å². The summed E-state index contributed by atoms with van der Waals surface area (Å²) in [5.41, 5.74) is 9.75. The smallest absolute Gasteiger partial charge is 0.0487 e. The SMILES string of the molecule is CCC(N)c1c[nH]c2c(C)cccc12. The first-order chi connectivity index (χ1) is 6.74. The molecule has 14 heavy (non-hydrogen) atoms. The van der Waals surface area contributed by atoms with Crippen molar-refractivity contribution < 1.29 is 0 Å². The molecule has 3 N–H and O–H groups in total. The summed E-state index contributed by atoms with van der Waals surface area (Å²) in [6.45, 7) is 4.22. The molecular weight excluding hydrogens is 172 g/mol. The summed E-state index contributed by atoms with van der Waals surface area (Å²) < 4.78 is 0. The van der Waals surface area contributed by atoms with E-state index in [1.165, 1.54) is 22.0 Å². The molecule has 2 rings (SSSR count). The average Bonchev–Trinajstić information content (AvgIpc) is 2.62. The van der Waals surface area contributed by atoms with E-state index in [4.69, 9.17) is 5.73 Å². The van der Waals surface area contributed by atoms with Crippen LogP contribution in [0, 0.1) is 6.92 Å². The molecule has 0 aliphatic heterocycles. The van der Waals surface area contributed by atoms with Gasteiger partial charge in [0.2, 0.25) is 0 Å². The van der Waals surface area contributed by atoms with Gasteiger partial charge < -0.3 is 10.7 Å². The first-order valence-corrected chi connectivity index (χ1v) is 5.06. The lowest BCUT2D eigenvalue weighted by Gasteiger charge is -2.06. The maximum Gasteiger partial charge on any atom is 0.0487 e. The predicted molar refractivity (Wildman–Crippen MR) is 60.3 cm³/mol. The molecule has 0 spiro atoms. The van der Waals surface area contributed by atoms with Crippen molar-refractivity contribution in [1.29, 1.82) is 0 Å². The molecule has 0 saturated heterocycles. The third-order valence-electron chi connectivity index (χ3n) is 2.80. The summed E-state index contributed by atoms with van der Waals surface area (Å²) in [5, 5.41) is 1.26. The van der Waals surface area contributed by atoms with Crippen molar-refractivity contribution in [2.45, 2.75) is 26.3 Å². The van der Waals surface area contributed by atoms with Crippen LogP contribution in [0.15, 0.2) is 24.4 Å². The number of nitrogens with two attached hydrogens (primary N) is 1. The zero-order chi connectivity index (χ0) is 10.1. The molecule has 2 heteroatoms. The summed E-state index contributed by atoms with van der Waals surface area (Å²) in [6.07, 6.45) is 3.01. The first-order valence-electron chi connectivity index (χ1n) is 5.06. The van der Waals surface area contributed by atoms with Crippen molar-refractivity contribution in [2.75, 3.05) is 0 Å². The van der Waals surface area contributed by atoms with Crippen molar-refractivity contribution in [1.82, 2.24) is 4.98 Å². The van der Waals surface area contributed by atoms with Crippen LogP contribution in [-0.2, 0) is 0 Å². The largest absolute Gasteiger partial charge is 0.361 e. The number of fused-ring (bicyclic) bond motifs is 1. The maximum absolute atomic E-state index is 6.03. The summed E-state index contributed by atoms with van der Waals surface area (Å²) in [5.74, 6) is 0. The normalized spacial score (nSPS) is 13.4. The highest BCUT2D eigenvalue weighted by Crippen LogP contribution is 2.26. The van der Waals surface area contributed by atoms with Gasteiger partial charge in [0.25, 0.3) is 0 Å². The van der Waals surface area contributed by atoms with Crippen LogP contribution in [0.1, 0.15) is 30.5 Å². The maximum atomic E-state index is 6.03. The number of aryl methyl sites for hydroxylation is 1. The molecule has 1 heterocycles. The minimum atomic E-state index is 0.144. The van der Waals surface area contributed by atoms with Crippen molar-refractivity contribution in [3.8, 4) is 0 Å². The van der Waals surface area contributed by atoms with Gasteiger partial charge in [-0.05, 0) is 24.5 Å². The number of H-pyrrole nitrogens is 1. The van der Waals surface area contributed by atoms with Crippen LogP contribution in [-0.4, -0.2) is 4.98 Å². The van der Waals surface area contributed by atoms with Crippen LogP contribution < -0.4 is 5.73 Å². The van der Waals surface area contributed by atoms with Gasteiger partial charge in [-0.1, -0.05) is 25.1 Å². The van der Waals surface area contributed by atoms with E-state index in [0.717, 1.165) is 6.42 Å². The van der Waals surface area contributed by atoms with Crippen molar-refractivity contribution in [3.63, 3.8) is 0 Å². The van der Waals surface area contributed by atoms with Crippen molar-refractivity contribution >= 4 is 10.9 Å². The molecule has 0 saturated carbocycles. The van der Waals surface area contributed by atoms with Crippen LogP contribution in [0.25, 0.3) is 10.9 Å². The number of aromatic nitrogens is 1. The molecule has 1 unspecified atom stereocenters. The third kappa shape index (κ3) is 1.32. The van der Waals surface area contributed by atoms with E-state index in [9.17, 15) is 0 Å². The second-order valence-electron chi connectivity index (χ2n) is 3.76. The van der Waals surface area contributed by atoms with Gasteiger partial charge in [0.15, 0.2) is 0 Å². The number of nitrogens with one attached hydrogen (secondary N) is 1. The highest BCUT2D eigenvalue weighted by atomic mass is 14.7. The van der Waals surface area contributed by atoms with Gasteiger partial charge in [-0.15, -0.1) is 0 Å². The van der Waals surface area contributed by atoms with E-state index >= 15 is 0 Å². The molecule has 0 bridgehead atoms. The number of benzene rings is 1. The van der Waals surface area contributed by atoms with Crippen molar-refractivity contribution in [3.05, 3.63) is 35.5 Å². The van der Waals surface area contributed by atoms with Crippen LogP contribution in [0.4, 0.5) is 0 Å².